The summed E-state index contributed by atoms with van der Waals surface area (Å²) in [4.78, 5) is 30.0. The number of pyridine rings is 2. The van der Waals surface area contributed by atoms with Gasteiger partial charge in [0.2, 0.25) is 11.8 Å². The van der Waals surface area contributed by atoms with Crippen LogP contribution in [0.2, 0.25) is 0 Å². The lowest BCUT2D eigenvalue weighted by Crippen LogP contribution is -2.19. The van der Waals surface area contributed by atoms with E-state index >= 15 is 0 Å². The molecule has 0 saturated carbocycles. The maximum Gasteiger partial charge on any atom is 0.251 e. The molecule has 0 spiro atoms. The molecule has 0 aliphatic rings. The largest absolute Gasteiger partial charge is 0.481 e. The van der Waals surface area contributed by atoms with Crippen LogP contribution in [0.4, 0.5) is 5.82 Å². The second-order valence-electron chi connectivity index (χ2n) is 8.56. The third-order valence-electron chi connectivity index (χ3n) is 6.38. The molecule has 0 fully saturated rings. The first-order valence-electron chi connectivity index (χ1n) is 11.7. The first-order valence-corrected chi connectivity index (χ1v) is 11.7. The number of amides is 1. The Morgan fingerprint density at radius 2 is 1.75 bits per heavy atom. The Morgan fingerprint density at radius 3 is 2.44 bits per heavy atom. The van der Waals surface area contributed by atoms with E-state index in [1.165, 1.54) is 6.33 Å². The summed E-state index contributed by atoms with van der Waals surface area (Å²) in [6.45, 7) is 5.04. The number of anilines is 1. The van der Waals surface area contributed by atoms with Gasteiger partial charge in [-0.15, -0.1) is 0 Å². The number of hydrogen-bond donors (Lipinski definition) is 2. The van der Waals surface area contributed by atoms with Crippen LogP contribution in [0, 0.1) is 5.92 Å². The molecule has 3 heterocycles. The molecule has 4 rings (SSSR count). The molecule has 0 radical (unpaired) electrons. The van der Waals surface area contributed by atoms with Crippen LogP contribution >= 0.6 is 0 Å². The molecule has 1 unspecified atom stereocenters. The Kier molecular flexibility index (Phi) is 7.58. The van der Waals surface area contributed by atoms with Gasteiger partial charge in [-0.1, -0.05) is 32.0 Å². The number of aromatic nitrogens is 4. The highest BCUT2D eigenvalue weighted by molar-refractivity contribution is 6.06. The first kappa shape index (κ1) is 24.8. The van der Waals surface area contributed by atoms with E-state index in [1.54, 1.807) is 45.7 Å². The maximum absolute atomic E-state index is 12.3. The molecule has 0 aliphatic carbocycles. The van der Waals surface area contributed by atoms with Gasteiger partial charge in [0.1, 0.15) is 12.1 Å². The smallest absolute Gasteiger partial charge is 0.251 e. The van der Waals surface area contributed by atoms with Gasteiger partial charge in [-0.25, -0.2) is 9.97 Å². The van der Waals surface area contributed by atoms with E-state index < -0.39 is 0 Å². The topological polar surface area (TPSA) is 111 Å². The predicted molar refractivity (Wildman–Crippen MR) is 140 cm³/mol. The molecule has 0 saturated heterocycles. The fraction of sp³-hybridized carbons (Fsp3) is 0.296. The number of nitrogens with zero attached hydrogens (tertiary/aromatic N) is 4. The van der Waals surface area contributed by atoms with Crippen LogP contribution in [0.15, 0.2) is 55.0 Å². The highest BCUT2D eigenvalue weighted by Crippen LogP contribution is 2.31. The lowest BCUT2D eigenvalue weighted by Gasteiger charge is -2.22. The minimum Gasteiger partial charge on any atom is -0.481 e. The number of benzene rings is 1. The zero-order valence-electron chi connectivity index (χ0n) is 21.1. The maximum atomic E-state index is 12.3. The van der Waals surface area contributed by atoms with Crippen molar-refractivity contribution in [2.45, 2.75) is 19.8 Å². The second kappa shape index (κ2) is 11.0. The number of carbonyl (C=O) groups is 1. The van der Waals surface area contributed by atoms with Gasteiger partial charge in [-0.05, 0) is 23.5 Å². The Bertz CT molecular complexity index is 1350. The summed E-state index contributed by atoms with van der Waals surface area (Å²) >= 11 is 0. The molecule has 0 bridgehead atoms. The standard InChI is InChI=1S/C27H30N6O3/c1-16(17(2)19-7-6-8-20-21(27(34)28-3)9-10-29-26(19)20)14-30-23-13-22(31-15-32-23)18-11-24(35-4)33-25(12-18)36-5/h6-13,15-17H,14H2,1-5H3,(H,28,34)(H,30,31,32)/t16-,17?/m1/s1. The molecule has 1 amide bonds. The van der Waals surface area contributed by atoms with Gasteiger partial charge in [0.05, 0.1) is 31.0 Å². The van der Waals surface area contributed by atoms with Gasteiger partial charge < -0.3 is 20.1 Å². The number of para-hydroxylation sites is 1. The van der Waals surface area contributed by atoms with Crippen LogP contribution in [-0.2, 0) is 0 Å². The monoisotopic (exact) mass is 486 g/mol. The number of ether oxygens (including phenoxy) is 2. The van der Waals surface area contributed by atoms with E-state index in [4.69, 9.17) is 9.47 Å². The zero-order chi connectivity index (χ0) is 25.7. The van der Waals surface area contributed by atoms with Crippen LogP contribution in [-0.4, -0.2) is 53.7 Å². The lowest BCUT2D eigenvalue weighted by molar-refractivity contribution is 0.0964. The Labute approximate surface area is 210 Å². The molecule has 2 atom stereocenters. The normalized spacial score (nSPS) is 12.6. The summed E-state index contributed by atoms with van der Waals surface area (Å²) in [7, 11) is 4.76. The molecule has 186 valence electrons. The van der Waals surface area contributed by atoms with E-state index in [1.807, 2.05) is 18.2 Å². The van der Waals surface area contributed by atoms with Crippen molar-refractivity contribution >= 4 is 22.6 Å². The van der Waals surface area contributed by atoms with Crippen molar-refractivity contribution in [3.05, 3.63) is 66.1 Å². The SMILES string of the molecule is CNC(=O)c1ccnc2c(C(C)[C@H](C)CNc3cc(-c4cc(OC)nc(OC)c4)ncn3)cccc12. The summed E-state index contributed by atoms with van der Waals surface area (Å²) < 4.78 is 10.6. The summed E-state index contributed by atoms with van der Waals surface area (Å²) in [6, 6.07) is 13.3. The number of carbonyl (C=O) groups excluding carboxylic acids is 1. The van der Waals surface area contributed by atoms with Crippen molar-refractivity contribution in [2.24, 2.45) is 5.92 Å². The number of nitrogens with one attached hydrogen (secondary N) is 2. The van der Waals surface area contributed by atoms with Gasteiger partial charge in [0.15, 0.2) is 0 Å². The third kappa shape index (κ3) is 5.19. The van der Waals surface area contributed by atoms with Crippen LogP contribution < -0.4 is 20.1 Å². The van der Waals surface area contributed by atoms with Crippen molar-refractivity contribution in [1.82, 2.24) is 25.3 Å². The van der Waals surface area contributed by atoms with E-state index in [2.05, 4.69) is 50.5 Å². The average Bonchev–Trinajstić information content (AvgIpc) is 2.94. The highest BCUT2D eigenvalue weighted by atomic mass is 16.5. The van der Waals surface area contributed by atoms with Gasteiger partial charge in [-0.2, -0.15) is 4.98 Å². The van der Waals surface area contributed by atoms with Crippen molar-refractivity contribution in [1.29, 1.82) is 0 Å². The summed E-state index contributed by atoms with van der Waals surface area (Å²) in [5, 5.41) is 6.99. The van der Waals surface area contributed by atoms with Crippen molar-refractivity contribution in [2.75, 3.05) is 33.1 Å². The fourth-order valence-corrected chi connectivity index (χ4v) is 4.10. The van der Waals surface area contributed by atoms with Gasteiger partial charge in [-0.3, -0.25) is 9.78 Å². The minimum atomic E-state index is -0.120. The van der Waals surface area contributed by atoms with Crippen LogP contribution in [0.3, 0.4) is 0 Å². The molecule has 1 aromatic carbocycles. The number of rotatable bonds is 9. The fourth-order valence-electron chi connectivity index (χ4n) is 4.10. The van der Waals surface area contributed by atoms with Crippen LogP contribution in [0.25, 0.3) is 22.2 Å². The van der Waals surface area contributed by atoms with Gasteiger partial charge >= 0.3 is 0 Å². The van der Waals surface area contributed by atoms with Crippen molar-refractivity contribution < 1.29 is 14.3 Å². The van der Waals surface area contributed by atoms with Gasteiger partial charge in [0.25, 0.3) is 5.91 Å². The Hall–Kier alpha value is -4.27. The second-order valence-corrected chi connectivity index (χ2v) is 8.56. The van der Waals surface area contributed by atoms with Crippen LogP contribution in [0.5, 0.6) is 11.8 Å². The summed E-state index contributed by atoms with van der Waals surface area (Å²) in [6.07, 6.45) is 3.22. The molecule has 0 aliphatic heterocycles. The minimum absolute atomic E-state index is 0.120. The molecule has 9 heteroatoms. The summed E-state index contributed by atoms with van der Waals surface area (Å²) in [5.41, 5.74) is 4.13. The molecule has 3 aromatic heterocycles. The quantitative estimate of drug-likeness (QED) is 0.360. The third-order valence-corrected chi connectivity index (χ3v) is 6.38. The lowest BCUT2D eigenvalue weighted by atomic mass is 9.87. The molecular weight excluding hydrogens is 456 g/mol. The molecular formula is C27H30N6O3. The zero-order valence-corrected chi connectivity index (χ0v) is 21.1. The summed E-state index contributed by atoms with van der Waals surface area (Å²) in [5.74, 6) is 1.92. The predicted octanol–water partition coefficient (Wildman–Crippen LogP) is 4.32. The number of hydrogen-bond acceptors (Lipinski definition) is 8. The number of methoxy groups -OCH3 is 2. The van der Waals surface area contributed by atoms with E-state index in [-0.39, 0.29) is 17.7 Å². The van der Waals surface area contributed by atoms with Crippen molar-refractivity contribution in [3.8, 4) is 23.0 Å². The van der Waals surface area contributed by atoms with Gasteiger partial charge in [0, 0.05) is 48.9 Å². The van der Waals surface area contributed by atoms with E-state index in [0.717, 1.165) is 27.7 Å². The molecule has 9 nitrogen and oxygen atoms in total. The van der Waals surface area contributed by atoms with E-state index in [0.29, 0.717) is 29.7 Å². The Balaban J connectivity index is 1.52. The molecule has 36 heavy (non-hydrogen) atoms. The number of fused-ring (bicyclic) bond motifs is 1. The average molecular weight is 487 g/mol. The molecule has 4 aromatic rings. The first-order chi connectivity index (χ1) is 17.4. The highest BCUT2D eigenvalue weighted by Gasteiger charge is 2.19. The van der Waals surface area contributed by atoms with E-state index in [9.17, 15) is 4.79 Å². The van der Waals surface area contributed by atoms with Crippen molar-refractivity contribution in [3.63, 3.8) is 0 Å². The molecule has 2 N–H and O–H groups in total. The van der Waals surface area contributed by atoms with Crippen LogP contribution in [0.1, 0.15) is 35.7 Å². The Morgan fingerprint density at radius 1 is 1.00 bits per heavy atom.